The highest BCUT2D eigenvalue weighted by molar-refractivity contribution is 6.17. The van der Waals surface area contributed by atoms with Crippen LogP contribution in [-0.4, -0.2) is 29.6 Å². The first-order valence-electron chi connectivity index (χ1n) is 5.44. The van der Waals surface area contributed by atoms with Crippen LogP contribution < -0.4 is 9.64 Å². The fraction of sp³-hybridized carbons (Fsp3) is 0.333. The van der Waals surface area contributed by atoms with E-state index in [1.165, 1.54) is 4.90 Å². The molecule has 0 aromatic heterocycles. The predicted molar refractivity (Wildman–Crippen MR) is 65.9 cm³/mol. The molecule has 1 aromatic rings. The molecular formula is C12H12ClNO4. The summed E-state index contributed by atoms with van der Waals surface area (Å²) in [5, 5.41) is 8.91. The zero-order chi connectivity index (χ0) is 13.1. The van der Waals surface area contributed by atoms with Gasteiger partial charge in [0.2, 0.25) is 5.91 Å². The molecule has 0 aliphatic carbocycles. The van der Waals surface area contributed by atoms with Crippen LogP contribution in [0.15, 0.2) is 24.3 Å². The maximum atomic E-state index is 11.8. The molecule has 0 saturated carbocycles. The van der Waals surface area contributed by atoms with E-state index in [0.29, 0.717) is 11.4 Å². The Kier molecular flexibility index (Phi) is 3.72. The van der Waals surface area contributed by atoms with Gasteiger partial charge in [0.15, 0.2) is 6.07 Å². The van der Waals surface area contributed by atoms with E-state index in [2.05, 4.69) is 0 Å². The van der Waals surface area contributed by atoms with E-state index >= 15 is 0 Å². The number of amides is 1. The average molecular weight is 270 g/mol. The second-order valence-corrected chi connectivity index (χ2v) is 4.21. The van der Waals surface area contributed by atoms with Crippen molar-refractivity contribution in [3.8, 4) is 5.75 Å². The Morgan fingerprint density at radius 2 is 2.33 bits per heavy atom. The van der Waals surface area contributed by atoms with Crippen LogP contribution in [0.1, 0.15) is 6.42 Å². The number of carbonyl (C=O) groups is 2. The highest BCUT2D eigenvalue weighted by atomic mass is 35.5. The van der Waals surface area contributed by atoms with Crippen LogP contribution in [0, 0.1) is 5.92 Å². The van der Waals surface area contributed by atoms with E-state index < -0.39 is 11.9 Å². The van der Waals surface area contributed by atoms with Crippen molar-refractivity contribution in [1.82, 2.24) is 0 Å². The third kappa shape index (κ3) is 2.56. The van der Waals surface area contributed by atoms with Crippen molar-refractivity contribution in [2.75, 3.05) is 17.5 Å². The molecule has 1 saturated heterocycles. The van der Waals surface area contributed by atoms with Gasteiger partial charge in [-0.25, -0.2) is 0 Å². The molecule has 1 aliphatic rings. The van der Waals surface area contributed by atoms with Crippen LogP contribution in [0.5, 0.6) is 5.75 Å². The molecule has 1 amide bonds. The third-order valence-corrected chi connectivity index (χ3v) is 2.93. The first kappa shape index (κ1) is 12.7. The first-order chi connectivity index (χ1) is 8.61. The van der Waals surface area contributed by atoms with E-state index in [9.17, 15) is 9.59 Å². The van der Waals surface area contributed by atoms with E-state index in [4.69, 9.17) is 21.4 Å². The number of halogens is 1. The van der Waals surface area contributed by atoms with Gasteiger partial charge in [-0.15, -0.1) is 0 Å². The maximum Gasteiger partial charge on any atom is 0.308 e. The molecule has 0 spiro atoms. The lowest BCUT2D eigenvalue weighted by atomic mass is 10.1. The molecule has 1 aromatic carbocycles. The first-order valence-corrected chi connectivity index (χ1v) is 5.97. The lowest BCUT2D eigenvalue weighted by Crippen LogP contribution is -2.25. The summed E-state index contributed by atoms with van der Waals surface area (Å²) < 4.78 is 5.13. The molecule has 0 bridgehead atoms. The molecule has 6 heteroatoms. The summed E-state index contributed by atoms with van der Waals surface area (Å²) in [6.45, 7) is 0.193. The summed E-state index contributed by atoms with van der Waals surface area (Å²) in [6.07, 6.45) is 0.0376. The van der Waals surface area contributed by atoms with Gasteiger partial charge in [0.25, 0.3) is 0 Å². The standard InChI is InChI=1S/C12H12ClNO4/c13-7-18-10-3-1-2-9(5-10)14-6-8(12(16)17)4-11(14)15/h1-3,5,8H,4,6-7H2,(H,16,17)/t8-/m0/s1. The highest BCUT2D eigenvalue weighted by Gasteiger charge is 2.35. The number of nitrogens with zero attached hydrogens (tertiary/aromatic N) is 1. The van der Waals surface area contributed by atoms with Crippen LogP contribution in [0.2, 0.25) is 0 Å². The van der Waals surface area contributed by atoms with Crippen LogP contribution in [-0.2, 0) is 9.59 Å². The smallest absolute Gasteiger partial charge is 0.308 e. The van der Waals surface area contributed by atoms with Crippen molar-refractivity contribution in [3.05, 3.63) is 24.3 Å². The SMILES string of the molecule is O=C(O)[C@H]1CC(=O)N(c2cccc(OCCl)c2)C1. The van der Waals surface area contributed by atoms with Gasteiger partial charge in [-0.1, -0.05) is 17.7 Å². The Balaban J connectivity index is 2.19. The van der Waals surface area contributed by atoms with Gasteiger partial charge in [-0.2, -0.15) is 0 Å². The third-order valence-electron chi connectivity index (χ3n) is 2.82. The fourth-order valence-corrected chi connectivity index (χ4v) is 2.05. The van der Waals surface area contributed by atoms with Crippen molar-refractivity contribution in [3.63, 3.8) is 0 Å². The summed E-state index contributed by atoms with van der Waals surface area (Å²) in [6, 6.07) is 6.89. The Morgan fingerprint density at radius 1 is 1.56 bits per heavy atom. The molecular weight excluding hydrogens is 258 g/mol. The zero-order valence-corrected chi connectivity index (χ0v) is 10.3. The van der Waals surface area contributed by atoms with Crippen molar-refractivity contribution in [2.24, 2.45) is 5.92 Å². The van der Waals surface area contributed by atoms with Crippen molar-refractivity contribution < 1.29 is 19.4 Å². The van der Waals surface area contributed by atoms with Crippen LogP contribution in [0.25, 0.3) is 0 Å². The molecule has 2 rings (SSSR count). The minimum atomic E-state index is -0.945. The molecule has 1 fully saturated rings. The van der Waals surface area contributed by atoms with Gasteiger partial charge in [-0.05, 0) is 12.1 Å². The van der Waals surface area contributed by atoms with Gasteiger partial charge in [0.1, 0.15) is 5.75 Å². The number of hydrogen-bond donors (Lipinski definition) is 1. The van der Waals surface area contributed by atoms with Crippen molar-refractivity contribution in [1.29, 1.82) is 0 Å². The van der Waals surface area contributed by atoms with E-state index in [0.717, 1.165) is 0 Å². The Labute approximate surface area is 109 Å². The quantitative estimate of drug-likeness (QED) is 0.845. The van der Waals surface area contributed by atoms with Gasteiger partial charge in [0, 0.05) is 24.7 Å². The topological polar surface area (TPSA) is 66.8 Å². The van der Waals surface area contributed by atoms with E-state index in [-0.39, 0.29) is 24.9 Å². The number of ether oxygens (including phenoxy) is 1. The molecule has 96 valence electrons. The molecule has 1 aliphatic heterocycles. The normalized spacial score (nSPS) is 19.1. The average Bonchev–Trinajstić information content (AvgIpc) is 2.72. The predicted octanol–water partition coefficient (Wildman–Crippen LogP) is 1.70. The minimum absolute atomic E-state index is 0.0230. The van der Waals surface area contributed by atoms with Crippen molar-refractivity contribution >= 4 is 29.2 Å². The zero-order valence-electron chi connectivity index (χ0n) is 9.51. The minimum Gasteiger partial charge on any atom is -0.481 e. The van der Waals surface area contributed by atoms with E-state index in [1.807, 2.05) is 0 Å². The molecule has 1 heterocycles. The number of anilines is 1. The number of carbonyl (C=O) groups excluding carboxylic acids is 1. The monoisotopic (exact) mass is 269 g/mol. The Morgan fingerprint density at radius 3 is 2.94 bits per heavy atom. The highest BCUT2D eigenvalue weighted by Crippen LogP contribution is 2.28. The Bertz CT molecular complexity index is 477. The second-order valence-electron chi connectivity index (χ2n) is 3.99. The summed E-state index contributed by atoms with van der Waals surface area (Å²) >= 11 is 5.46. The molecule has 5 nitrogen and oxygen atoms in total. The van der Waals surface area contributed by atoms with Gasteiger partial charge in [0.05, 0.1) is 5.92 Å². The second kappa shape index (κ2) is 5.27. The van der Waals surface area contributed by atoms with Gasteiger partial charge >= 0.3 is 5.97 Å². The van der Waals surface area contributed by atoms with Crippen LogP contribution in [0.3, 0.4) is 0 Å². The number of rotatable bonds is 4. The maximum absolute atomic E-state index is 11.8. The molecule has 1 N–H and O–H groups in total. The van der Waals surface area contributed by atoms with Crippen LogP contribution >= 0.6 is 11.6 Å². The summed E-state index contributed by atoms with van der Waals surface area (Å²) in [5.41, 5.74) is 0.631. The van der Waals surface area contributed by atoms with Gasteiger partial charge < -0.3 is 14.7 Å². The largest absolute Gasteiger partial charge is 0.481 e. The Hall–Kier alpha value is -1.75. The number of aliphatic carboxylic acids is 1. The summed E-state index contributed by atoms with van der Waals surface area (Å²) in [5.74, 6) is -1.23. The number of hydrogen-bond acceptors (Lipinski definition) is 3. The molecule has 1 atom stereocenters. The lowest BCUT2D eigenvalue weighted by Gasteiger charge is -2.16. The van der Waals surface area contributed by atoms with E-state index in [1.54, 1.807) is 24.3 Å². The number of carboxylic acids is 1. The van der Waals surface area contributed by atoms with Crippen molar-refractivity contribution in [2.45, 2.75) is 6.42 Å². The molecule has 18 heavy (non-hydrogen) atoms. The lowest BCUT2D eigenvalue weighted by molar-refractivity contribution is -0.141. The number of carboxylic acid groups (broad SMARTS) is 1. The number of benzene rings is 1. The number of alkyl halides is 1. The molecule has 0 radical (unpaired) electrons. The van der Waals surface area contributed by atoms with Gasteiger partial charge in [-0.3, -0.25) is 9.59 Å². The molecule has 0 unspecified atom stereocenters. The fourth-order valence-electron chi connectivity index (χ4n) is 1.93. The van der Waals surface area contributed by atoms with Crippen LogP contribution in [0.4, 0.5) is 5.69 Å². The summed E-state index contributed by atoms with van der Waals surface area (Å²) in [7, 11) is 0. The summed E-state index contributed by atoms with van der Waals surface area (Å²) in [4.78, 5) is 24.1.